The van der Waals surface area contributed by atoms with Crippen LogP contribution in [0.1, 0.15) is 49.5 Å². The van der Waals surface area contributed by atoms with Gasteiger partial charge in [0.25, 0.3) is 5.91 Å². The number of rotatable bonds is 3. The number of anilines is 1. The first-order chi connectivity index (χ1) is 8.59. The van der Waals surface area contributed by atoms with Crippen LogP contribution in [0.3, 0.4) is 0 Å². The summed E-state index contributed by atoms with van der Waals surface area (Å²) in [5.74, 6) is -0.130. The van der Waals surface area contributed by atoms with Crippen molar-refractivity contribution in [3.8, 4) is 0 Å². The van der Waals surface area contributed by atoms with Gasteiger partial charge in [-0.3, -0.25) is 9.78 Å². The van der Waals surface area contributed by atoms with E-state index in [9.17, 15) is 4.79 Å². The van der Waals surface area contributed by atoms with Gasteiger partial charge in [-0.05, 0) is 30.4 Å². The Hall–Kier alpha value is -1.58. The molecule has 0 atom stereocenters. The third-order valence-corrected chi connectivity index (χ3v) is 3.75. The van der Waals surface area contributed by atoms with Crippen molar-refractivity contribution in [1.29, 1.82) is 0 Å². The highest BCUT2D eigenvalue weighted by atomic mass is 16.1. The van der Waals surface area contributed by atoms with Gasteiger partial charge in [0.05, 0.1) is 0 Å². The van der Waals surface area contributed by atoms with Crippen molar-refractivity contribution in [2.24, 2.45) is 5.41 Å². The van der Waals surface area contributed by atoms with Gasteiger partial charge in [-0.2, -0.15) is 0 Å². The number of nitrogens with zero attached hydrogens (tertiary/aromatic N) is 1. The van der Waals surface area contributed by atoms with Crippen LogP contribution in [0.25, 0.3) is 0 Å². The number of nitrogens with two attached hydrogens (primary N) is 1. The average Bonchev–Trinajstić information content (AvgIpc) is 2.37. The van der Waals surface area contributed by atoms with E-state index in [1.54, 1.807) is 18.3 Å². The summed E-state index contributed by atoms with van der Waals surface area (Å²) in [6.45, 7) is 2.97. The van der Waals surface area contributed by atoms with Crippen LogP contribution in [-0.4, -0.2) is 17.4 Å². The van der Waals surface area contributed by atoms with Crippen LogP contribution in [0.4, 0.5) is 5.69 Å². The molecular weight excluding hydrogens is 226 g/mol. The fourth-order valence-corrected chi connectivity index (χ4v) is 2.54. The maximum absolute atomic E-state index is 12.0. The summed E-state index contributed by atoms with van der Waals surface area (Å²) in [6.07, 6.45) is 7.80. The van der Waals surface area contributed by atoms with E-state index in [2.05, 4.69) is 17.2 Å². The highest BCUT2D eigenvalue weighted by molar-refractivity contribution is 5.92. The zero-order valence-corrected chi connectivity index (χ0v) is 10.9. The number of carbonyl (C=O) groups excluding carboxylic acids is 1. The average molecular weight is 247 g/mol. The number of nitrogens with one attached hydrogen (secondary N) is 1. The molecule has 18 heavy (non-hydrogen) atoms. The van der Waals surface area contributed by atoms with E-state index in [1.807, 2.05) is 0 Å². The van der Waals surface area contributed by atoms with Crippen LogP contribution in [0, 0.1) is 5.41 Å². The van der Waals surface area contributed by atoms with E-state index in [-0.39, 0.29) is 11.3 Å². The molecule has 4 heteroatoms. The van der Waals surface area contributed by atoms with Crippen molar-refractivity contribution in [2.75, 3.05) is 12.3 Å². The fraction of sp³-hybridized carbons (Fsp3) is 0.571. The highest BCUT2D eigenvalue weighted by Crippen LogP contribution is 2.34. The normalized spacial score (nSPS) is 18.3. The zero-order chi connectivity index (χ0) is 13.0. The van der Waals surface area contributed by atoms with Gasteiger partial charge in [0.1, 0.15) is 5.69 Å². The van der Waals surface area contributed by atoms with Gasteiger partial charge in [0.15, 0.2) is 0 Å². The summed E-state index contributed by atoms with van der Waals surface area (Å²) in [5.41, 5.74) is 6.85. The first kappa shape index (κ1) is 12.9. The molecule has 2 rings (SSSR count). The number of aromatic nitrogens is 1. The van der Waals surface area contributed by atoms with Crippen LogP contribution in [0.15, 0.2) is 18.3 Å². The Labute approximate surface area is 108 Å². The van der Waals surface area contributed by atoms with Gasteiger partial charge < -0.3 is 11.1 Å². The molecule has 1 aliphatic rings. The Morgan fingerprint density at radius 1 is 1.44 bits per heavy atom. The topological polar surface area (TPSA) is 68.0 Å². The van der Waals surface area contributed by atoms with Gasteiger partial charge >= 0.3 is 0 Å². The standard InChI is InChI=1S/C14H21N3O/c1-14(6-3-2-4-7-14)10-17-13(18)12-9-11(15)5-8-16-12/h5,8-9H,2-4,6-7,10H2,1H3,(H2,15,16)(H,17,18). The minimum Gasteiger partial charge on any atom is -0.399 e. The number of pyridine rings is 1. The molecule has 0 aliphatic heterocycles. The minimum atomic E-state index is -0.130. The lowest BCUT2D eigenvalue weighted by Crippen LogP contribution is -2.37. The molecule has 0 saturated heterocycles. The second-order valence-corrected chi connectivity index (χ2v) is 5.53. The molecule has 1 saturated carbocycles. The summed E-state index contributed by atoms with van der Waals surface area (Å²) >= 11 is 0. The monoisotopic (exact) mass is 247 g/mol. The van der Waals surface area contributed by atoms with Crippen LogP contribution in [-0.2, 0) is 0 Å². The Balaban J connectivity index is 1.92. The van der Waals surface area contributed by atoms with Gasteiger partial charge in [0, 0.05) is 18.4 Å². The third kappa shape index (κ3) is 3.22. The quantitative estimate of drug-likeness (QED) is 0.861. The van der Waals surface area contributed by atoms with Gasteiger partial charge in [0.2, 0.25) is 0 Å². The van der Waals surface area contributed by atoms with Crippen molar-refractivity contribution in [1.82, 2.24) is 10.3 Å². The zero-order valence-electron chi connectivity index (χ0n) is 10.9. The van der Waals surface area contributed by atoms with Crippen LogP contribution >= 0.6 is 0 Å². The molecule has 0 unspecified atom stereocenters. The van der Waals surface area contributed by atoms with Gasteiger partial charge in [-0.1, -0.05) is 26.2 Å². The molecular formula is C14H21N3O. The molecule has 0 aromatic carbocycles. The third-order valence-electron chi connectivity index (χ3n) is 3.75. The maximum atomic E-state index is 12.0. The first-order valence-corrected chi connectivity index (χ1v) is 6.59. The molecule has 1 fully saturated rings. The summed E-state index contributed by atoms with van der Waals surface area (Å²) in [5, 5.41) is 2.98. The number of amides is 1. The fourth-order valence-electron chi connectivity index (χ4n) is 2.54. The van der Waals surface area contributed by atoms with Gasteiger partial charge in [-0.15, -0.1) is 0 Å². The molecule has 4 nitrogen and oxygen atoms in total. The Kier molecular flexibility index (Phi) is 3.84. The van der Waals surface area contributed by atoms with Crippen molar-refractivity contribution in [3.05, 3.63) is 24.0 Å². The van der Waals surface area contributed by atoms with Crippen molar-refractivity contribution in [2.45, 2.75) is 39.0 Å². The van der Waals surface area contributed by atoms with Gasteiger partial charge in [-0.25, -0.2) is 0 Å². The largest absolute Gasteiger partial charge is 0.399 e. The molecule has 1 aliphatic carbocycles. The SMILES string of the molecule is CC1(CNC(=O)c2cc(N)ccn2)CCCCC1. The Morgan fingerprint density at radius 3 is 2.83 bits per heavy atom. The van der Waals surface area contributed by atoms with Crippen LogP contribution in [0.5, 0.6) is 0 Å². The number of nitrogen functional groups attached to an aromatic ring is 1. The lowest BCUT2D eigenvalue weighted by atomic mass is 9.76. The second kappa shape index (κ2) is 5.38. The predicted molar refractivity (Wildman–Crippen MR) is 72.2 cm³/mol. The van der Waals surface area contributed by atoms with E-state index >= 15 is 0 Å². The lowest BCUT2D eigenvalue weighted by Gasteiger charge is -2.33. The van der Waals surface area contributed by atoms with Crippen molar-refractivity contribution in [3.63, 3.8) is 0 Å². The Morgan fingerprint density at radius 2 is 2.17 bits per heavy atom. The molecule has 1 heterocycles. The summed E-state index contributed by atoms with van der Waals surface area (Å²) in [7, 11) is 0. The Bertz CT molecular complexity index is 425. The molecule has 1 amide bonds. The summed E-state index contributed by atoms with van der Waals surface area (Å²) in [6, 6.07) is 3.29. The predicted octanol–water partition coefficient (Wildman–Crippen LogP) is 2.36. The molecule has 0 bridgehead atoms. The number of carbonyl (C=O) groups is 1. The first-order valence-electron chi connectivity index (χ1n) is 6.59. The summed E-state index contributed by atoms with van der Waals surface area (Å²) < 4.78 is 0. The molecule has 0 radical (unpaired) electrons. The maximum Gasteiger partial charge on any atom is 0.269 e. The number of hydrogen-bond donors (Lipinski definition) is 2. The van der Waals surface area contributed by atoms with Crippen LogP contribution in [0.2, 0.25) is 0 Å². The lowest BCUT2D eigenvalue weighted by molar-refractivity contribution is 0.0914. The van der Waals surface area contributed by atoms with Crippen LogP contribution < -0.4 is 11.1 Å². The molecule has 98 valence electrons. The minimum absolute atomic E-state index is 0.130. The summed E-state index contributed by atoms with van der Waals surface area (Å²) in [4.78, 5) is 16.0. The van der Waals surface area contributed by atoms with E-state index in [0.29, 0.717) is 11.4 Å². The van der Waals surface area contributed by atoms with Crippen molar-refractivity contribution < 1.29 is 4.79 Å². The van der Waals surface area contributed by atoms with E-state index in [4.69, 9.17) is 5.73 Å². The van der Waals surface area contributed by atoms with Crippen molar-refractivity contribution >= 4 is 11.6 Å². The second-order valence-electron chi connectivity index (χ2n) is 5.53. The molecule has 3 N–H and O–H groups in total. The van der Waals surface area contributed by atoms with E-state index < -0.39 is 0 Å². The highest BCUT2D eigenvalue weighted by Gasteiger charge is 2.27. The molecule has 1 aromatic heterocycles. The van der Waals surface area contributed by atoms with E-state index in [0.717, 1.165) is 6.54 Å². The van der Waals surface area contributed by atoms with E-state index in [1.165, 1.54) is 32.1 Å². The smallest absolute Gasteiger partial charge is 0.269 e. The number of hydrogen-bond acceptors (Lipinski definition) is 3. The molecule has 0 spiro atoms. The molecule has 1 aromatic rings.